The maximum Gasteiger partial charge on any atom is 0.246 e. The number of carbonyl (C=O) groups is 3. The molecule has 3 aliphatic heterocycles. The number of nitrogens with one attached hydrogen (secondary N) is 2. The Labute approximate surface area is 166 Å². The molecule has 0 aromatic carbocycles. The molecule has 28 heavy (non-hydrogen) atoms. The van der Waals surface area contributed by atoms with Crippen LogP contribution in [0.2, 0.25) is 0 Å². The number of hydrogen-bond donors (Lipinski definition) is 3. The molecule has 0 saturated carbocycles. The molecule has 6 atom stereocenters. The van der Waals surface area contributed by atoms with Crippen LogP contribution in [0.15, 0.2) is 0 Å². The lowest BCUT2D eigenvalue weighted by Crippen LogP contribution is -2.56. The number of aliphatic hydroxyl groups excluding tert-OH is 1. The molecule has 8 heteroatoms. The summed E-state index contributed by atoms with van der Waals surface area (Å²) in [5, 5.41) is 14.7. The molecule has 3 N–H and O–H groups in total. The van der Waals surface area contributed by atoms with E-state index >= 15 is 0 Å². The monoisotopic (exact) mass is 395 g/mol. The Morgan fingerprint density at radius 3 is 2.57 bits per heavy atom. The third kappa shape index (κ3) is 2.84. The zero-order valence-electron chi connectivity index (χ0n) is 17.4. The number of fused-ring (bicyclic) bond motifs is 1. The van der Waals surface area contributed by atoms with Crippen LogP contribution in [0.3, 0.4) is 0 Å². The fourth-order valence-corrected chi connectivity index (χ4v) is 5.59. The molecular weight excluding hydrogens is 362 g/mol. The van der Waals surface area contributed by atoms with Crippen LogP contribution in [0.4, 0.5) is 0 Å². The normalized spacial score (nSPS) is 38.8. The van der Waals surface area contributed by atoms with E-state index in [9.17, 15) is 14.4 Å². The van der Waals surface area contributed by atoms with E-state index in [0.29, 0.717) is 25.8 Å². The summed E-state index contributed by atoms with van der Waals surface area (Å²) >= 11 is 0. The zero-order chi connectivity index (χ0) is 20.9. The second kappa shape index (κ2) is 7.30. The molecule has 3 fully saturated rings. The predicted octanol–water partition coefficient (Wildman–Crippen LogP) is 0.0402. The standard InChI is InChI=1S/C20H33N3O5/c1-11(2)22-17(26)15-20-10-12(3)19(4,28-20)13(16(25)21-5)14(20)18(27)23(15)8-6-7-9-24/h11-15,24H,6-10H2,1-5H3,(H,21,25)(H,22,26)/t12?,13-,14-,15?,19+,20?/m0/s1. The average molecular weight is 396 g/mol. The minimum absolute atomic E-state index is 0.0337. The molecule has 3 unspecified atom stereocenters. The zero-order valence-corrected chi connectivity index (χ0v) is 17.4. The van der Waals surface area contributed by atoms with Crippen molar-refractivity contribution in [3.05, 3.63) is 0 Å². The minimum Gasteiger partial charge on any atom is -0.396 e. The van der Waals surface area contributed by atoms with E-state index in [1.54, 1.807) is 11.9 Å². The highest BCUT2D eigenvalue weighted by Crippen LogP contribution is 2.65. The Bertz CT molecular complexity index is 668. The van der Waals surface area contributed by atoms with Gasteiger partial charge in [0.1, 0.15) is 11.6 Å². The Morgan fingerprint density at radius 2 is 2.00 bits per heavy atom. The van der Waals surface area contributed by atoms with E-state index in [4.69, 9.17) is 9.84 Å². The summed E-state index contributed by atoms with van der Waals surface area (Å²) in [6, 6.07) is -0.830. The first kappa shape index (κ1) is 21.0. The number of carbonyl (C=O) groups excluding carboxylic acids is 3. The number of ether oxygens (including phenoxy) is 1. The maximum atomic E-state index is 13.5. The largest absolute Gasteiger partial charge is 0.396 e. The second-order valence-electron chi connectivity index (χ2n) is 8.94. The third-order valence-corrected chi connectivity index (χ3v) is 6.83. The molecule has 3 amide bonds. The summed E-state index contributed by atoms with van der Waals surface area (Å²) in [6.45, 7) is 8.08. The van der Waals surface area contributed by atoms with Crippen molar-refractivity contribution >= 4 is 17.7 Å². The smallest absolute Gasteiger partial charge is 0.246 e. The molecule has 3 saturated heterocycles. The van der Waals surface area contributed by atoms with Crippen molar-refractivity contribution < 1.29 is 24.2 Å². The van der Waals surface area contributed by atoms with Gasteiger partial charge in [-0.15, -0.1) is 0 Å². The summed E-state index contributed by atoms with van der Waals surface area (Å²) in [6.07, 6.45) is 1.71. The van der Waals surface area contributed by atoms with Crippen molar-refractivity contribution in [3.8, 4) is 0 Å². The van der Waals surface area contributed by atoms with Gasteiger partial charge in [-0.3, -0.25) is 14.4 Å². The molecule has 3 aliphatic rings. The number of likely N-dealkylation sites (tertiary alicyclic amines) is 1. The van der Waals surface area contributed by atoms with Crippen molar-refractivity contribution in [2.24, 2.45) is 17.8 Å². The van der Waals surface area contributed by atoms with Crippen molar-refractivity contribution in [1.29, 1.82) is 0 Å². The number of unbranched alkanes of at least 4 members (excludes halogenated alkanes) is 1. The van der Waals surface area contributed by atoms with Crippen LogP contribution in [0.5, 0.6) is 0 Å². The Hall–Kier alpha value is -1.67. The van der Waals surface area contributed by atoms with Crippen molar-refractivity contribution in [2.45, 2.75) is 70.2 Å². The van der Waals surface area contributed by atoms with Gasteiger partial charge in [0.2, 0.25) is 17.7 Å². The van der Waals surface area contributed by atoms with Gasteiger partial charge in [-0.1, -0.05) is 6.92 Å². The average Bonchev–Trinajstić information content (AvgIpc) is 3.12. The molecular formula is C20H33N3O5. The van der Waals surface area contributed by atoms with E-state index in [1.807, 2.05) is 27.7 Å². The summed E-state index contributed by atoms with van der Waals surface area (Å²) in [4.78, 5) is 41.0. The summed E-state index contributed by atoms with van der Waals surface area (Å²) < 4.78 is 6.51. The summed E-state index contributed by atoms with van der Waals surface area (Å²) in [5.74, 6) is -1.87. The van der Waals surface area contributed by atoms with Gasteiger partial charge in [-0.2, -0.15) is 0 Å². The lowest BCUT2D eigenvalue weighted by atomic mass is 9.62. The van der Waals surface area contributed by atoms with Crippen molar-refractivity contribution in [2.75, 3.05) is 20.2 Å². The second-order valence-corrected chi connectivity index (χ2v) is 8.94. The first-order valence-electron chi connectivity index (χ1n) is 10.3. The summed E-state index contributed by atoms with van der Waals surface area (Å²) in [7, 11) is 1.57. The minimum atomic E-state index is -0.986. The van der Waals surface area contributed by atoms with Gasteiger partial charge in [-0.25, -0.2) is 0 Å². The van der Waals surface area contributed by atoms with Crippen LogP contribution in [0, 0.1) is 17.8 Å². The molecule has 0 aromatic heterocycles. The third-order valence-electron chi connectivity index (χ3n) is 6.83. The highest BCUT2D eigenvalue weighted by atomic mass is 16.5. The van der Waals surface area contributed by atoms with Crippen LogP contribution >= 0.6 is 0 Å². The Balaban J connectivity index is 2.04. The fourth-order valence-electron chi connectivity index (χ4n) is 5.59. The van der Waals surface area contributed by atoms with E-state index in [0.717, 1.165) is 0 Å². The molecule has 2 bridgehead atoms. The van der Waals surface area contributed by atoms with Gasteiger partial charge in [0.15, 0.2) is 0 Å². The van der Waals surface area contributed by atoms with Gasteiger partial charge < -0.3 is 25.4 Å². The predicted molar refractivity (Wildman–Crippen MR) is 102 cm³/mol. The van der Waals surface area contributed by atoms with Crippen LogP contribution in [0.1, 0.15) is 47.0 Å². The number of rotatable bonds is 7. The molecule has 0 aromatic rings. The van der Waals surface area contributed by atoms with Crippen LogP contribution < -0.4 is 10.6 Å². The Kier molecular flexibility index (Phi) is 5.49. The first-order chi connectivity index (χ1) is 13.1. The Morgan fingerprint density at radius 1 is 1.32 bits per heavy atom. The SMILES string of the molecule is CNC(=O)[C@@H]1[C@H]2C(=O)N(CCCCO)C(C(=O)NC(C)C)C23CC(C)[C@@]1(C)O3. The number of amides is 3. The van der Waals surface area contributed by atoms with E-state index in [-0.39, 0.29) is 36.3 Å². The number of hydrogen-bond acceptors (Lipinski definition) is 5. The number of aliphatic hydroxyl groups is 1. The molecule has 8 nitrogen and oxygen atoms in total. The number of nitrogens with zero attached hydrogens (tertiary/aromatic N) is 1. The van der Waals surface area contributed by atoms with Gasteiger partial charge in [0.05, 0.1) is 17.4 Å². The van der Waals surface area contributed by atoms with Crippen LogP contribution in [-0.4, -0.2) is 71.2 Å². The first-order valence-corrected chi connectivity index (χ1v) is 10.3. The van der Waals surface area contributed by atoms with Crippen molar-refractivity contribution in [3.63, 3.8) is 0 Å². The van der Waals surface area contributed by atoms with E-state index < -0.39 is 29.1 Å². The van der Waals surface area contributed by atoms with Gasteiger partial charge in [0.25, 0.3) is 0 Å². The fraction of sp³-hybridized carbons (Fsp3) is 0.850. The molecule has 1 spiro atoms. The van der Waals surface area contributed by atoms with Gasteiger partial charge in [-0.05, 0) is 46.0 Å². The van der Waals surface area contributed by atoms with Crippen LogP contribution in [0.25, 0.3) is 0 Å². The lowest BCUT2D eigenvalue weighted by Gasteiger charge is -2.36. The van der Waals surface area contributed by atoms with Crippen molar-refractivity contribution in [1.82, 2.24) is 15.5 Å². The lowest BCUT2D eigenvalue weighted by molar-refractivity contribution is -0.147. The molecule has 3 rings (SSSR count). The van der Waals surface area contributed by atoms with E-state index in [2.05, 4.69) is 10.6 Å². The summed E-state index contributed by atoms with van der Waals surface area (Å²) in [5.41, 5.74) is -1.76. The molecule has 0 aliphatic carbocycles. The van der Waals surface area contributed by atoms with Gasteiger partial charge >= 0.3 is 0 Å². The molecule has 0 radical (unpaired) electrons. The highest BCUT2D eigenvalue weighted by molar-refractivity contribution is 5.99. The van der Waals surface area contributed by atoms with Crippen LogP contribution in [-0.2, 0) is 19.1 Å². The quantitative estimate of drug-likeness (QED) is 0.528. The molecule has 3 heterocycles. The molecule has 158 valence electrons. The topological polar surface area (TPSA) is 108 Å². The maximum absolute atomic E-state index is 13.5. The highest BCUT2D eigenvalue weighted by Gasteiger charge is 2.79. The van der Waals surface area contributed by atoms with E-state index in [1.165, 1.54) is 0 Å². The van der Waals surface area contributed by atoms with Gasteiger partial charge in [0, 0.05) is 26.2 Å².